The van der Waals surface area contributed by atoms with Crippen LogP contribution in [0.4, 0.5) is 11.4 Å². The summed E-state index contributed by atoms with van der Waals surface area (Å²) in [4.78, 5) is 41.4. The molecule has 0 aliphatic carbocycles. The zero-order valence-corrected chi connectivity index (χ0v) is 20.4. The summed E-state index contributed by atoms with van der Waals surface area (Å²) in [6, 6.07) is 16.4. The van der Waals surface area contributed by atoms with E-state index in [0.717, 1.165) is 5.56 Å². The highest BCUT2D eigenvalue weighted by atomic mass is 16.6. The molecule has 1 aliphatic heterocycles. The summed E-state index contributed by atoms with van der Waals surface area (Å²) in [7, 11) is 3.39. The van der Waals surface area contributed by atoms with Crippen LogP contribution < -0.4 is 14.4 Å². The van der Waals surface area contributed by atoms with E-state index in [1.165, 1.54) is 18.2 Å². The molecular weight excluding hydrogens is 462 g/mol. The SMILES string of the molecule is CCN(Cc1cccc2c1OCCO2)C(=O)c1ccccc1C(=O)c1ccc(N(C)C)c([N+](=O)[O-])c1. The predicted octanol–water partition coefficient (Wildman–Crippen LogP) is 4.33. The highest BCUT2D eigenvalue weighted by molar-refractivity contribution is 6.15. The van der Waals surface area contributed by atoms with Gasteiger partial charge in [0.1, 0.15) is 18.9 Å². The minimum absolute atomic E-state index is 0.137. The molecule has 0 radical (unpaired) electrons. The zero-order valence-electron chi connectivity index (χ0n) is 20.4. The van der Waals surface area contributed by atoms with Crippen LogP contribution in [0.15, 0.2) is 60.7 Å². The number of carbonyl (C=O) groups excluding carboxylic acids is 2. The lowest BCUT2D eigenvalue weighted by atomic mass is 9.96. The number of anilines is 1. The molecule has 0 saturated carbocycles. The maximum atomic E-state index is 13.6. The number of amides is 1. The summed E-state index contributed by atoms with van der Waals surface area (Å²) in [5.41, 5.74) is 1.56. The quantitative estimate of drug-likeness (QED) is 0.264. The summed E-state index contributed by atoms with van der Waals surface area (Å²) < 4.78 is 11.4. The fraction of sp³-hybridized carbons (Fsp3) is 0.259. The number of nitrogens with zero attached hydrogens (tertiary/aromatic N) is 3. The second-order valence-electron chi connectivity index (χ2n) is 8.49. The number of fused-ring (bicyclic) bond motifs is 1. The standard InChI is InChI=1S/C27H27N3O6/c1-4-29(17-19-8-7-11-24-26(19)36-15-14-35-24)27(32)21-10-6-5-9-20(21)25(31)18-12-13-22(28(2)3)23(16-18)30(33)34/h5-13,16H,4,14-15,17H2,1-3H3. The van der Waals surface area contributed by atoms with Gasteiger partial charge in [-0.25, -0.2) is 0 Å². The van der Waals surface area contributed by atoms with Crippen molar-refractivity contribution in [1.29, 1.82) is 0 Å². The van der Waals surface area contributed by atoms with Crippen LogP contribution in [0, 0.1) is 10.1 Å². The fourth-order valence-corrected chi connectivity index (χ4v) is 4.17. The monoisotopic (exact) mass is 489 g/mol. The van der Waals surface area contributed by atoms with E-state index in [1.54, 1.807) is 48.2 Å². The number of nitro groups is 1. The molecule has 0 bridgehead atoms. The molecule has 0 unspecified atom stereocenters. The Balaban J connectivity index is 1.66. The van der Waals surface area contributed by atoms with E-state index in [-0.39, 0.29) is 34.8 Å². The van der Waals surface area contributed by atoms with Gasteiger partial charge in [-0.1, -0.05) is 30.3 Å². The molecule has 1 aliphatic rings. The van der Waals surface area contributed by atoms with Crippen molar-refractivity contribution in [1.82, 2.24) is 4.90 Å². The van der Waals surface area contributed by atoms with Crippen molar-refractivity contribution >= 4 is 23.1 Å². The third-order valence-electron chi connectivity index (χ3n) is 6.00. The Kier molecular flexibility index (Phi) is 7.19. The van der Waals surface area contributed by atoms with Gasteiger partial charge >= 0.3 is 0 Å². The van der Waals surface area contributed by atoms with Crippen LogP contribution in [0.5, 0.6) is 11.5 Å². The largest absolute Gasteiger partial charge is 0.486 e. The van der Waals surface area contributed by atoms with Crippen LogP contribution in [-0.4, -0.2) is 55.4 Å². The highest BCUT2D eigenvalue weighted by Gasteiger charge is 2.26. The maximum Gasteiger partial charge on any atom is 0.293 e. The van der Waals surface area contributed by atoms with Crippen LogP contribution >= 0.6 is 0 Å². The van der Waals surface area contributed by atoms with Crippen molar-refractivity contribution in [3.63, 3.8) is 0 Å². The van der Waals surface area contributed by atoms with Gasteiger partial charge in [0, 0.05) is 49.9 Å². The van der Waals surface area contributed by atoms with Gasteiger partial charge in [-0.15, -0.1) is 0 Å². The van der Waals surface area contributed by atoms with Crippen molar-refractivity contribution in [3.05, 3.63) is 93.0 Å². The molecule has 1 heterocycles. The number of hydrogen-bond acceptors (Lipinski definition) is 7. The summed E-state index contributed by atoms with van der Waals surface area (Å²) in [5, 5.41) is 11.6. The summed E-state index contributed by atoms with van der Waals surface area (Å²) in [5.74, 6) is 0.473. The van der Waals surface area contributed by atoms with E-state index in [1.807, 2.05) is 25.1 Å². The normalized spacial score (nSPS) is 12.1. The molecule has 0 aromatic heterocycles. The van der Waals surface area contributed by atoms with Gasteiger partial charge in [-0.05, 0) is 31.2 Å². The first kappa shape index (κ1) is 24.7. The Morgan fingerprint density at radius 1 is 0.972 bits per heavy atom. The van der Waals surface area contributed by atoms with E-state index in [0.29, 0.717) is 36.9 Å². The average molecular weight is 490 g/mol. The molecule has 186 valence electrons. The first-order valence-corrected chi connectivity index (χ1v) is 11.6. The van der Waals surface area contributed by atoms with E-state index in [2.05, 4.69) is 0 Å². The predicted molar refractivity (Wildman–Crippen MR) is 135 cm³/mol. The van der Waals surface area contributed by atoms with Gasteiger partial charge in [-0.3, -0.25) is 19.7 Å². The number of hydrogen-bond donors (Lipinski definition) is 0. The van der Waals surface area contributed by atoms with Crippen LogP contribution in [-0.2, 0) is 6.54 Å². The minimum Gasteiger partial charge on any atom is -0.486 e. The van der Waals surface area contributed by atoms with Crippen molar-refractivity contribution in [2.24, 2.45) is 0 Å². The highest BCUT2D eigenvalue weighted by Crippen LogP contribution is 2.35. The number of benzene rings is 3. The lowest BCUT2D eigenvalue weighted by molar-refractivity contribution is -0.384. The smallest absolute Gasteiger partial charge is 0.293 e. The second kappa shape index (κ2) is 10.5. The molecule has 3 aromatic carbocycles. The molecule has 0 atom stereocenters. The first-order valence-electron chi connectivity index (χ1n) is 11.6. The van der Waals surface area contributed by atoms with Crippen LogP contribution in [0.1, 0.15) is 38.8 Å². The number of nitro benzene ring substituents is 1. The van der Waals surface area contributed by atoms with E-state index >= 15 is 0 Å². The Morgan fingerprint density at radius 2 is 1.69 bits per heavy atom. The fourth-order valence-electron chi connectivity index (χ4n) is 4.17. The van der Waals surface area contributed by atoms with E-state index in [4.69, 9.17) is 9.47 Å². The van der Waals surface area contributed by atoms with Gasteiger partial charge in [0.15, 0.2) is 17.3 Å². The Morgan fingerprint density at radius 3 is 2.39 bits per heavy atom. The molecule has 4 rings (SSSR count). The molecule has 0 N–H and O–H groups in total. The minimum atomic E-state index is -0.520. The van der Waals surface area contributed by atoms with Gasteiger partial charge < -0.3 is 19.3 Å². The van der Waals surface area contributed by atoms with Crippen molar-refractivity contribution in [3.8, 4) is 11.5 Å². The first-order chi connectivity index (χ1) is 17.3. The number of ketones is 1. The van der Waals surface area contributed by atoms with Crippen molar-refractivity contribution < 1.29 is 24.0 Å². The van der Waals surface area contributed by atoms with E-state index < -0.39 is 10.7 Å². The molecule has 0 saturated heterocycles. The maximum absolute atomic E-state index is 13.6. The number of rotatable bonds is 8. The lowest BCUT2D eigenvalue weighted by Crippen LogP contribution is -2.32. The molecule has 3 aromatic rings. The topological polar surface area (TPSA) is 102 Å². The number of ether oxygens (including phenoxy) is 2. The Bertz CT molecular complexity index is 1320. The molecule has 9 heteroatoms. The molecule has 1 amide bonds. The molecule has 0 fully saturated rings. The van der Waals surface area contributed by atoms with Gasteiger partial charge in [0.2, 0.25) is 0 Å². The molecule has 9 nitrogen and oxygen atoms in total. The van der Waals surface area contributed by atoms with Crippen LogP contribution in [0.2, 0.25) is 0 Å². The number of carbonyl (C=O) groups is 2. The van der Waals surface area contributed by atoms with Gasteiger partial charge in [0.25, 0.3) is 11.6 Å². The molecular formula is C27H27N3O6. The Labute approximate surface area is 209 Å². The Hall–Kier alpha value is -4.40. The van der Waals surface area contributed by atoms with E-state index in [9.17, 15) is 19.7 Å². The third kappa shape index (κ3) is 4.86. The second-order valence-corrected chi connectivity index (χ2v) is 8.49. The summed E-state index contributed by atoms with van der Waals surface area (Å²) in [6.07, 6.45) is 0. The average Bonchev–Trinajstić information content (AvgIpc) is 2.90. The van der Waals surface area contributed by atoms with Crippen LogP contribution in [0.25, 0.3) is 0 Å². The molecule has 36 heavy (non-hydrogen) atoms. The number of para-hydroxylation sites is 1. The molecule has 0 spiro atoms. The van der Waals surface area contributed by atoms with Crippen molar-refractivity contribution in [2.75, 3.05) is 38.8 Å². The summed E-state index contributed by atoms with van der Waals surface area (Å²) >= 11 is 0. The van der Waals surface area contributed by atoms with Gasteiger partial charge in [-0.2, -0.15) is 0 Å². The summed E-state index contributed by atoms with van der Waals surface area (Å²) in [6.45, 7) is 3.43. The zero-order chi connectivity index (χ0) is 25.8. The third-order valence-corrected chi connectivity index (χ3v) is 6.00. The van der Waals surface area contributed by atoms with Gasteiger partial charge in [0.05, 0.1) is 10.5 Å². The van der Waals surface area contributed by atoms with Crippen LogP contribution in [0.3, 0.4) is 0 Å². The van der Waals surface area contributed by atoms with Crippen molar-refractivity contribution in [2.45, 2.75) is 13.5 Å². The lowest BCUT2D eigenvalue weighted by Gasteiger charge is -2.26.